The molecule has 10 rings (SSSR count). The third kappa shape index (κ3) is 6.87. The summed E-state index contributed by atoms with van der Waals surface area (Å²) in [6.07, 6.45) is 0. The van der Waals surface area contributed by atoms with Crippen LogP contribution in [-0.2, 0) is 0 Å². The second-order valence-electron chi connectivity index (χ2n) is 14.8. The van der Waals surface area contributed by atoms with Crippen molar-refractivity contribution >= 4 is 38.9 Å². The number of nitrogens with zero attached hydrogens (tertiary/aromatic N) is 7. The van der Waals surface area contributed by atoms with Crippen LogP contribution >= 0.6 is 0 Å². The van der Waals surface area contributed by atoms with Crippen molar-refractivity contribution in [3.05, 3.63) is 217 Å². The Hall–Kier alpha value is -9.09. The smallest absolute Gasteiger partial charge is 0.160 e. The van der Waals surface area contributed by atoms with Gasteiger partial charge in [-0.1, -0.05) is 97.1 Å². The molecule has 0 aliphatic carbocycles. The van der Waals surface area contributed by atoms with E-state index in [-0.39, 0.29) is 0 Å². The molecule has 0 bridgehead atoms. The molecule has 10 aromatic rings. The molecule has 288 valence electrons. The predicted molar refractivity (Wildman–Crippen MR) is 247 cm³/mol. The van der Waals surface area contributed by atoms with Crippen LogP contribution in [0.5, 0.6) is 0 Å². The van der Waals surface area contributed by atoms with Gasteiger partial charge in [-0.2, -0.15) is 15.8 Å². The third-order valence-corrected chi connectivity index (χ3v) is 11.1. The second-order valence-corrected chi connectivity index (χ2v) is 14.8. The molecule has 2 aromatic heterocycles. The van der Waals surface area contributed by atoms with E-state index in [0.717, 1.165) is 72.4 Å². The van der Waals surface area contributed by atoms with E-state index in [2.05, 4.69) is 125 Å². The summed E-state index contributed by atoms with van der Waals surface area (Å²) in [5, 5.41) is 31.6. The summed E-state index contributed by atoms with van der Waals surface area (Å²) >= 11 is 0. The molecular weight excluding hydrogens is 759 g/mol. The van der Waals surface area contributed by atoms with Gasteiger partial charge in [-0.15, -0.1) is 0 Å². The summed E-state index contributed by atoms with van der Waals surface area (Å²) in [4.78, 5) is 12.1. The van der Waals surface area contributed by atoms with Crippen molar-refractivity contribution in [2.75, 3.05) is 4.90 Å². The molecule has 0 N–H and O–H groups in total. The van der Waals surface area contributed by atoms with Crippen LogP contribution in [0.4, 0.5) is 17.1 Å². The Labute approximate surface area is 358 Å². The van der Waals surface area contributed by atoms with E-state index in [9.17, 15) is 15.8 Å². The number of para-hydroxylation sites is 3. The van der Waals surface area contributed by atoms with Gasteiger partial charge in [-0.25, -0.2) is 9.97 Å². The van der Waals surface area contributed by atoms with E-state index in [0.29, 0.717) is 33.9 Å². The van der Waals surface area contributed by atoms with Crippen LogP contribution in [0.15, 0.2) is 200 Å². The lowest BCUT2D eigenvalue weighted by atomic mass is 9.97. The number of benzene rings is 8. The fraction of sp³-hybridized carbons (Fsp3) is 0. The number of aromatic nitrogens is 3. The van der Waals surface area contributed by atoms with Gasteiger partial charge in [0.15, 0.2) is 5.82 Å². The molecule has 8 aromatic carbocycles. The molecule has 0 unspecified atom stereocenters. The molecule has 0 fully saturated rings. The second kappa shape index (κ2) is 15.9. The number of fused-ring (bicyclic) bond motifs is 3. The van der Waals surface area contributed by atoms with Crippen LogP contribution in [0.25, 0.3) is 72.5 Å². The predicted octanol–water partition coefficient (Wildman–Crippen LogP) is 13.3. The summed E-state index contributed by atoms with van der Waals surface area (Å²) in [6.45, 7) is 0. The Bertz CT molecular complexity index is 3290. The van der Waals surface area contributed by atoms with Crippen molar-refractivity contribution in [1.82, 2.24) is 14.5 Å². The Morgan fingerprint density at radius 2 is 0.935 bits per heavy atom. The van der Waals surface area contributed by atoms with Gasteiger partial charge < -0.3 is 9.47 Å². The molecule has 2 heterocycles. The van der Waals surface area contributed by atoms with Gasteiger partial charge in [-0.05, 0) is 114 Å². The minimum Gasteiger partial charge on any atom is -0.310 e. The average molecular weight is 792 g/mol. The van der Waals surface area contributed by atoms with Crippen molar-refractivity contribution in [1.29, 1.82) is 15.8 Å². The fourth-order valence-electron chi connectivity index (χ4n) is 8.10. The number of anilines is 3. The van der Waals surface area contributed by atoms with E-state index < -0.39 is 0 Å². The lowest BCUT2D eigenvalue weighted by Crippen LogP contribution is -2.09. The van der Waals surface area contributed by atoms with Gasteiger partial charge in [0, 0.05) is 50.2 Å². The summed E-state index contributed by atoms with van der Waals surface area (Å²) in [6, 6.07) is 73.2. The largest absolute Gasteiger partial charge is 0.310 e. The first-order valence-corrected chi connectivity index (χ1v) is 20.1. The highest BCUT2D eigenvalue weighted by Gasteiger charge is 2.19. The van der Waals surface area contributed by atoms with Crippen molar-refractivity contribution in [2.45, 2.75) is 0 Å². The maximum atomic E-state index is 10.6. The number of nitriles is 3. The van der Waals surface area contributed by atoms with Crippen molar-refractivity contribution in [3.63, 3.8) is 0 Å². The Kier molecular flexibility index (Phi) is 9.56. The standard InChI is InChI=1S/C55H33N7/c56-34-37-15-19-40(20-16-37)51-33-52(60-55(59-51)42-21-17-38(35-57)18-22-42)41-25-23-39(24-26-41)48-29-27-46(31-43(48)36-58)62-53-14-8-7-13-49(53)50-32-47(28-30-54(50)62)61(44-9-3-1-4-10-44)45-11-5-2-6-12-45/h1-33H. The van der Waals surface area contributed by atoms with Crippen LogP contribution in [0.2, 0.25) is 0 Å². The molecule has 7 nitrogen and oxygen atoms in total. The molecule has 0 atom stereocenters. The van der Waals surface area contributed by atoms with Gasteiger partial charge in [0.05, 0.1) is 57.3 Å². The van der Waals surface area contributed by atoms with E-state index in [4.69, 9.17) is 9.97 Å². The summed E-state index contributed by atoms with van der Waals surface area (Å²) < 4.78 is 2.24. The molecule has 0 radical (unpaired) electrons. The van der Waals surface area contributed by atoms with Gasteiger partial charge >= 0.3 is 0 Å². The molecule has 0 saturated heterocycles. The topological polar surface area (TPSA) is 105 Å². The minimum atomic E-state index is 0.517. The van der Waals surface area contributed by atoms with Crippen LogP contribution in [0.1, 0.15) is 16.7 Å². The molecule has 0 saturated carbocycles. The molecule has 0 amide bonds. The Morgan fingerprint density at radius 3 is 1.53 bits per heavy atom. The van der Waals surface area contributed by atoms with E-state index >= 15 is 0 Å². The average Bonchev–Trinajstić information content (AvgIpc) is 3.68. The van der Waals surface area contributed by atoms with Crippen molar-refractivity contribution in [3.8, 4) is 68.9 Å². The molecular formula is C55H33N7. The Balaban J connectivity index is 1.02. The van der Waals surface area contributed by atoms with Gasteiger partial charge in [-0.3, -0.25) is 0 Å². The quantitative estimate of drug-likeness (QED) is 0.152. The van der Waals surface area contributed by atoms with Crippen LogP contribution in [0.3, 0.4) is 0 Å². The fourth-order valence-corrected chi connectivity index (χ4v) is 8.10. The highest BCUT2D eigenvalue weighted by atomic mass is 15.1. The normalized spacial score (nSPS) is 10.9. The molecule has 7 heteroatoms. The number of hydrogen-bond donors (Lipinski definition) is 0. The zero-order valence-electron chi connectivity index (χ0n) is 33.2. The molecule has 0 spiro atoms. The summed E-state index contributed by atoms with van der Waals surface area (Å²) in [7, 11) is 0. The molecule has 0 aliphatic heterocycles. The number of rotatable bonds is 8. The lowest BCUT2D eigenvalue weighted by Gasteiger charge is -2.25. The number of hydrogen-bond acceptors (Lipinski definition) is 6. The third-order valence-electron chi connectivity index (χ3n) is 11.1. The highest BCUT2D eigenvalue weighted by molar-refractivity contribution is 6.10. The van der Waals surface area contributed by atoms with E-state index in [1.54, 1.807) is 24.3 Å². The van der Waals surface area contributed by atoms with Gasteiger partial charge in [0.25, 0.3) is 0 Å². The zero-order valence-corrected chi connectivity index (χ0v) is 33.2. The van der Waals surface area contributed by atoms with Crippen LogP contribution in [-0.4, -0.2) is 14.5 Å². The first-order valence-electron chi connectivity index (χ1n) is 20.1. The maximum Gasteiger partial charge on any atom is 0.160 e. The van der Waals surface area contributed by atoms with Crippen molar-refractivity contribution in [2.24, 2.45) is 0 Å². The summed E-state index contributed by atoms with van der Waals surface area (Å²) in [5.41, 5.74) is 13.5. The monoisotopic (exact) mass is 791 g/mol. The van der Waals surface area contributed by atoms with Gasteiger partial charge in [0.1, 0.15) is 0 Å². The van der Waals surface area contributed by atoms with Crippen LogP contribution < -0.4 is 4.90 Å². The summed E-state index contributed by atoms with van der Waals surface area (Å²) in [5.74, 6) is 0.517. The highest BCUT2D eigenvalue weighted by Crippen LogP contribution is 2.40. The minimum absolute atomic E-state index is 0.517. The maximum absolute atomic E-state index is 10.6. The van der Waals surface area contributed by atoms with E-state index in [1.165, 1.54) is 0 Å². The van der Waals surface area contributed by atoms with Crippen molar-refractivity contribution < 1.29 is 0 Å². The first kappa shape index (κ1) is 37.2. The Morgan fingerprint density at radius 1 is 0.403 bits per heavy atom. The van der Waals surface area contributed by atoms with Gasteiger partial charge in [0.2, 0.25) is 0 Å². The van der Waals surface area contributed by atoms with E-state index in [1.807, 2.05) is 78.9 Å². The molecule has 62 heavy (non-hydrogen) atoms. The zero-order chi connectivity index (χ0) is 42.0. The van der Waals surface area contributed by atoms with Crippen LogP contribution in [0, 0.1) is 34.0 Å². The first-order chi connectivity index (χ1) is 30.6. The SMILES string of the molecule is N#Cc1ccc(-c2cc(-c3ccc(-c4ccc(-n5c6ccccc6c6cc(N(c7ccccc7)c7ccccc7)ccc65)cc4C#N)cc3)nc(-c3ccc(C#N)cc3)n2)cc1. The molecule has 0 aliphatic rings. The lowest BCUT2D eigenvalue weighted by molar-refractivity contribution is 1.18.